The lowest BCUT2D eigenvalue weighted by Crippen LogP contribution is -2.17. The minimum atomic E-state index is -0.312. The van der Waals surface area contributed by atoms with E-state index in [0.29, 0.717) is 32.7 Å². The van der Waals surface area contributed by atoms with E-state index in [4.69, 9.17) is 32.7 Å². The molecule has 5 nitrogen and oxygen atoms in total. The largest absolute Gasteiger partial charge is 0.493 e. The molecule has 3 aromatic carbocycles. The fraction of sp³-hybridized carbons (Fsp3) is 0.0909. The monoisotopic (exact) mass is 584 g/mol. The van der Waals surface area contributed by atoms with E-state index in [1.807, 2.05) is 6.07 Å². The molecular formula is C22H16Br2Cl2N2O3. The number of carbonyl (C=O) groups is 1. The zero-order chi connectivity index (χ0) is 22.4. The third-order valence-corrected chi connectivity index (χ3v) is 6.09. The highest BCUT2D eigenvalue weighted by atomic mass is 79.9. The maximum atomic E-state index is 12.2. The van der Waals surface area contributed by atoms with Gasteiger partial charge in [0.05, 0.1) is 23.4 Å². The quantitative estimate of drug-likeness (QED) is 0.243. The number of benzene rings is 3. The van der Waals surface area contributed by atoms with Gasteiger partial charge in [0.15, 0.2) is 11.5 Å². The topological polar surface area (TPSA) is 59.9 Å². The highest BCUT2D eigenvalue weighted by Crippen LogP contribution is 2.34. The molecule has 1 N–H and O–H groups in total. The summed E-state index contributed by atoms with van der Waals surface area (Å²) < 4.78 is 12.9. The second-order valence-corrected chi connectivity index (χ2v) is 8.85. The van der Waals surface area contributed by atoms with E-state index in [1.165, 1.54) is 6.21 Å². The Morgan fingerprint density at radius 1 is 1.03 bits per heavy atom. The van der Waals surface area contributed by atoms with E-state index in [0.717, 1.165) is 14.5 Å². The third kappa shape index (κ3) is 6.46. The number of hydrogen-bond acceptors (Lipinski definition) is 4. The van der Waals surface area contributed by atoms with Crippen LogP contribution in [0.4, 0.5) is 0 Å². The maximum absolute atomic E-state index is 12.2. The molecular weight excluding hydrogens is 571 g/mol. The van der Waals surface area contributed by atoms with Gasteiger partial charge in [-0.05, 0) is 70.0 Å². The average molecular weight is 587 g/mol. The molecule has 3 aromatic rings. The first kappa shape index (κ1) is 23.6. The molecule has 1 amide bonds. The second-order valence-electron chi connectivity index (χ2n) is 6.27. The van der Waals surface area contributed by atoms with Crippen LogP contribution >= 0.6 is 55.1 Å². The predicted octanol–water partition coefficient (Wildman–Crippen LogP) is 6.87. The van der Waals surface area contributed by atoms with Gasteiger partial charge in [-0.25, -0.2) is 5.43 Å². The highest BCUT2D eigenvalue weighted by Gasteiger charge is 2.11. The molecule has 0 aliphatic rings. The van der Waals surface area contributed by atoms with Crippen molar-refractivity contribution in [1.82, 2.24) is 5.43 Å². The van der Waals surface area contributed by atoms with E-state index in [9.17, 15) is 4.79 Å². The van der Waals surface area contributed by atoms with Crippen molar-refractivity contribution in [3.63, 3.8) is 0 Å². The van der Waals surface area contributed by atoms with E-state index < -0.39 is 0 Å². The van der Waals surface area contributed by atoms with Gasteiger partial charge in [0.2, 0.25) is 0 Å². The van der Waals surface area contributed by atoms with Crippen molar-refractivity contribution >= 4 is 67.2 Å². The number of methoxy groups -OCH3 is 1. The van der Waals surface area contributed by atoms with Gasteiger partial charge in [0, 0.05) is 20.1 Å². The molecule has 0 fully saturated rings. The van der Waals surface area contributed by atoms with Crippen LogP contribution in [0.2, 0.25) is 10.0 Å². The molecule has 0 saturated heterocycles. The first-order valence-electron chi connectivity index (χ1n) is 8.90. The summed E-state index contributed by atoms with van der Waals surface area (Å²) in [4.78, 5) is 12.2. The third-order valence-electron chi connectivity index (χ3n) is 4.14. The molecule has 0 radical (unpaired) electrons. The zero-order valence-corrected chi connectivity index (χ0v) is 20.8. The summed E-state index contributed by atoms with van der Waals surface area (Å²) in [6.45, 7) is 0.288. The first-order chi connectivity index (χ1) is 14.9. The van der Waals surface area contributed by atoms with Gasteiger partial charge in [0.25, 0.3) is 5.91 Å². The molecule has 0 aliphatic carbocycles. The predicted molar refractivity (Wildman–Crippen MR) is 131 cm³/mol. The number of halogens is 4. The molecule has 31 heavy (non-hydrogen) atoms. The molecule has 0 heterocycles. The molecule has 0 aliphatic heterocycles. The zero-order valence-electron chi connectivity index (χ0n) is 16.2. The lowest BCUT2D eigenvalue weighted by Gasteiger charge is -2.13. The van der Waals surface area contributed by atoms with Crippen molar-refractivity contribution in [3.05, 3.63) is 90.3 Å². The Bertz CT molecular complexity index is 1120. The van der Waals surface area contributed by atoms with Gasteiger partial charge >= 0.3 is 0 Å². The summed E-state index contributed by atoms with van der Waals surface area (Å²) in [5.74, 6) is 0.744. The molecule has 0 saturated carbocycles. The summed E-state index contributed by atoms with van der Waals surface area (Å²) in [6, 6.07) is 15.8. The number of carbonyl (C=O) groups excluding carboxylic acids is 1. The minimum absolute atomic E-state index is 0.288. The number of ether oxygens (including phenoxy) is 2. The van der Waals surface area contributed by atoms with Crippen molar-refractivity contribution in [3.8, 4) is 11.5 Å². The van der Waals surface area contributed by atoms with Crippen molar-refractivity contribution in [2.75, 3.05) is 7.11 Å². The molecule has 0 unspecified atom stereocenters. The summed E-state index contributed by atoms with van der Waals surface area (Å²) in [5, 5.41) is 4.98. The van der Waals surface area contributed by atoms with Crippen molar-refractivity contribution in [1.29, 1.82) is 0 Å². The number of nitrogens with zero attached hydrogens (tertiary/aromatic N) is 1. The lowest BCUT2D eigenvalue weighted by molar-refractivity contribution is 0.0955. The Kier molecular flexibility index (Phi) is 8.37. The second kappa shape index (κ2) is 11.0. The molecule has 9 heteroatoms. The Morgan fingerprint density at radius 2 is 1.77 bits per heavy atom. The molecule has 0 spiro atoms. The van der Waals surface area contributed by atoms with Gasteiger partial charge in [-0.1, -0.05) is 45.2 Å². The Hall–Kier alpha value is -2.06. The summed E-state index contributed by atoms with van der Waals surface area (Å²) in [7, 11) is 1.55. The normalized spacial score (nSPS) is 10.9. The molecule has 0 bridgehead atoms. The van der Waals surface area contributed by atoms with Gasteiger partial charge in [0.1, 0.15) is 6.61 Å². The minimum Gasteiger partial charge on any atom is -0.493 e. The number of amides is 1. The highest BCUT2D eigenvalue weighted by molar-refractivity contribution is 9.10. The Morgan fingerprint density at radius 3 is 2.45 bits per heavy atom. The summed E-state index contributed by atoms with van der Waals surface area (Å²) >= 11 is 18.8. The number of hydrazone groups is 1. The average Bonchev–Trinajstić information content (AvgIpc) is 2.76. The van der Waals surface area contributed by atoms with Crippen LogP contribution in [0.3, 0.4) is 0 Å². The van der Waals surface area contributed by atoms with Crippen LogP contribution in [-0.2, 0) is 6.61 Å². The number of rotatable bonds is 7. The standard InChI is InChI=1S/C22H16Br2Cl2N2O3/c1-30-20-9-15(11-27-28-22(29)14-3-5-16(23)6-4-14)17(24)10-21(20)31-12-13-2-7-18(25)19(26)8-13/h2-11H,12H2,1H3,(H,28,29)/b27-11+. The van der Waals surface area contributed by atoms with Crippen LogP contribution in [0, 0.1) is 0 Å². The fourth-order valence-corrected chi connectivity index (χ4v) is 3.55. The fourth-order valence-electron chi connectivity index (χ4n) is 2.54. The van der Waals surface area contributed by atoms with E-state index in [1.54, 1.807) is 55.6 Å². The smallest absolute Gasteiger partial charge is 0.271 e. The van der Waals surface area contributed by atoms with Crippen LogP contribution in [0.15, 0.2) is 68.6 Å². The van der Waals surface area contributed by atoms with Crippen LogP contribution in [-0.4, -0.2) is 19.2 Å². The van der Waals surface area contributed by atoms with Crippen molar-refractivity contribution in [2.24, 2.45) is 5.10 Å². The van der Waals surface area contributed by atoms with Gasteiger partial charge in [-0.2, -0.15) is 5.10 Å². The maximum Gasteiger partial charge on any atom is 0.271 e. The van der Waals surface area contributed by atoms with Gasteiger partial charge < -0.3 is 9.47 Å². The van der Waals surface area contributed by atoms with Crippen LogP contribution in [0.5, 0.6) is 11.5 Å². The lowest BCUT2D eigenvalue weighted by atomic mass is 10.2. The summed E-state index contributed by atoms with van der Waals surface area (Å²) in [5.41, 5.74) is 4.58. The Balaban J connectivity index is 1.69. The molecule has 0 aromatic heterocycles. The van der Waals surface area contributed by atoms with Gasteiger partial charge in [-0.15, -0.1) is 0 Å². The number of nitrogens with one attached hydrogen (secondary N) is 1. The number of hydrogen-bond donors (Lipinski definition) is 1. The van der Waals surface area contributed by atoms with E-state index in [2.05, 4.69) is 42.4 Å². The van der Waals surface area contributed by atoms with E-state index >= 15 is 0 Å². The molecule has 3 rings (SSSR count). The van der Waals surface area contributed by atoms with Crippen molar-refractivity contribution in [2.45, 2.75) is 6.61 Å². The van der Waals surface area contributed by atoms with Crippen LogP contribution in [0.1, 0.15) is 21.5 Å². The van der Waals surface area contributed by atoms with Crippen LogP contribution in [0.25, 0.3) is 0 Å². The van der Waals surface area contributed by atoms with Crippen LogP contribution < -0.4 is 14.9 Å². The van der Waals surface area contributed by atoms with Crippen molar-refractivity contribution < 1.29 is 14.3 Å². The SMILES string of the molecule is COc1cc(/C=N/NC(=O)c2ccc(Br)cc2)c(Br)cc1OCc1ccc(Cl)c(Cl)c1. The first-order valence-corrected chi connectivity index (χ1v) is 11.2. The Labute approximate surface area is 206 Å². The summed E-state index contributed by atoms with van der Waals surface area (Å²) in [6.07, 6.45) is 1.52. The van der Waals surface area contributed by atoms with E-state index in [-0.39, 0.29) is 12.5 Å². The van der Waals surface area contributed by atoms with Gasteiger partial charge in [-0.3, -0.25) is 4.79 Å². The molecule has 0 atom stereocenters. The molecule has 160 valence electrons.